The van der Waals surface area contributed by atoms with Gasteiger partial charge in [-0.05, 0) is 58.0 Å². The van der Waals surface area contributed by atoms with Crippen molar-refractivity contribution in [1.82, 2.24) is 0 Å². The van der Waals surface area contributed by atoms with Crippen molar-refractivity contribution in [3.05, 3.63) is 67.5 Å². The Kier molecular flexibility index (Phi) is 4.75. The lowest BCUT2D eigenvalue weighted by Crippen LogP contribution is -2.03. The van der Waals surface area contributed by atoms with Gasteiger partial charge in [0.25, 0.3) is 0 Å². The Bertz CT molecular complexity index is 542. The van der Waals surface area contributed by atoms with Crippen LogP contribution in [0.15, 0.2) is 46.9 Å². The molecule has 0 fully saturated rings. The highest BCUT2D eigenvalue weighted by Gasteiger charge is 2.12. The fraction of sp³-hybridized carbons (Fsp3) is 0.143. The summed E-state index contributed by atoms with van der Waals surface area (Å²) >= 11 is 5.51. The molecule has 0 saturated carbocycles. The van der Waals surface area contributed by atoms with E-state index in [9.17, 15) is 9.50 Å². The standard InChI is InChI=1S/C14H11BrFIO/c15-13-8-10(16)3-6-12(13)14(18)7-9-1-4-11(17)5-2-9/h1-6,8,14,18H,7H2. The number of halogens is 3. The van der Waals surface area contributed by atoms with Gasteiger partial charge in [0.15, 0.2) is 0 Å². The smallest absolute Gasteiger partial charge is 0.124 e. The minimum absolute atomic E-state index is 0.313. The highest BCUT2D eigenvalue weighted by atomic mass is 127. The van der Waals surface area contributed by atoms with Crippen LogP contribution in [0.1, 0.15) is 17.2 Å². The molecule has 4 heteroatoms. The first kappa shape index (κ1) is 14.0. The van der Waals surface area contributed by atoms with E-state index in [4.69, 9.17) is 0 Å². The normalized spacial score (nSPS) is 12.4. The van der Waals surface area contributed by atoms with Crippen molar-refractivity contribution < 1.29 is 9.50 Å². The van der Waals surface area contributed by atoms with Crippen molar-refractivity contribution in [3.63, 3.8) is 0 Å². The third kappa shape index (κ3) is 3.52. The lowest BCUT2D eigenvalue weighted by atomic mass is 10.0. The molecular weight excluding hydrogens is 410 g/mol. The maximum atomic E-state index is 13.0. The van der Waals surface area contributed by atoms with Gasteiger partial charge in [-0.2, -0.15) is 0 Å². The molecular formula is C14H11BrFIO. The molecule has 18 heavy (non-hydrogen) atoms. The molecule has 0 spiro atoms. The van der Waals surface area contributed by atoms with Gasteiger partial charge >= 0.3 is 0 Å². The first-order chi connectivity index (χ1) is 8.56. The van der Waals surface area contributed by atoms with Crippen molar-refractivity contribution in [1.29, 1.82) is 0 Å². The van der Waals surface area contributed by atoms with E-state index in [1.807, 2.05) is 24.3 Å². The molecule has 0 aliphatic carbocycles. The van der Waals surface area contributed by atoms with Crippen molar-refractivity contribution in [3.8, 4) is 0 Å². The average molecular weight is 421 g/mol. The molecule has 0 saturated heterocycles. The summed E-state index contributed by atoms with van der Waals surface area (Å²) in [4.78, 5) is 0. The number of rotatable bonds is 3. The summed E-state index contributed by atoms with van der Waals surface area (Å²) in [6.45, 7) is 0. The van der Waals surface area contributed by atoms with Crippen LogP contribution in [0.2, 0.25) is 0 Å². The third-order valence-electron chi connectivity index (χ3n) is 2.66. The summed E-state index contributed by atoms with van der Waals surface area (Å²) in [5, 5.41) is 10.2. The van der Waals surface area contributed by atoms with E-state index in [1.165, 1.54) is 12.1 Å². The van der Waals surface area contributed by atoms with Crippen LogP contribution in [0.25, 0.3) is 0 Å². The van der Waals surface area contributed by atoms with Crippen molar-refractivity contribution in [2.45, 2.75) is 12.5 Å². The topological polar surface area (TPSA) is 20.2 Å². The van der Waals surface area contributed by atoms with Crippen LogP contribution in [0, 0.1) is 9.39 Å². The van der Waals surface area contributed by atoms with Gasteiger partial charge < -0.3 is 5.11 Å². The molecule has 0 aromatic heterocycles. The second-order valence-corrected chi connectivity index (χ2v) is 6.11. The number of aliphatic hydroxyl groups excluding tert-OH is 1. The van der Waals surface area contributed by atoms with Gasteiger partial charge in [0.1, 0.15) is 5.82 Å². The maximum absolute atomic E-state index is 13.0. The summed E-state index contributed by atoms with van der Waals surface area (Å²) in [7, 11) is 0. The predicted octanol–water partition coefficient (Wildman–Crippen LogP) is 4.47. The largest absolute Gasteiger partial charge is 0.388 e. The molecule has 0 aliphatic rings. The quantitative estimate of drug-likeness (QED) is 0.726. The zero-order valence-electron chi connectivity index (χ0n) is 9.41. The average Bonchev–Trinajstić information content (AvgIpc) is 2.32. The number of hydrogen-bond donors (Lipinski definition) is 1. The monoisotopic (exact) mass is 420 g/mol. The van der Waals surface area contributed by atoms with Crippen molar-refractivity contribution >= 4 is 38.5 Å². The zero-order chi connectivity index (χ0) is 13.1. The number of benzene rings is 2. The van der Waals surface area contributed by atoms with Crippen LogP contribution < -0.4 is 0 Å². The highest BCUT2D eigenvalue weighted by molar-refractivity contribution is 14.1. The van der Waals surface area contributed by atoms with Gasteiger partial charge in [-0.3, -0.25) is 0 Å². The van der Waals surface area contributed by atoms with Gasteiger partial charge in [-0.15, -0.1) is 0 Å². The predicted molar refractivity (Wildman–Crippen MR) is 81.9 cm³/mol. The molecule has 2 rings (SSSR count). The van der Waals surface area contributed by atoms with E-state index >= 15 is 0 Å². The molecule has 0 amide bonds. The van der Waals surface area contributed by atoms with Crippen LogP contribution in [0.3, 0.4) is 0 Å². The van der Waals surface area contributed by atoms with Gasteiger partial charge in [-0.25, -0.2) is 4.39 Å². The van der Waals surface area contributed by atoms with E-state index in [0.29, 0.717) is 16.5 Å². The van der Waals surface area contributed by atoms with E-state index in [1.54, 1.807) is 6.07 Å². The van der Waals surface area contributed by atoms with Gasteiger partial charge in [0.05, 0.1) is 6.10 Å². The Balaban J connectivity index is 2.16. The minimum Gasteiger partial charge on any atom is -0.388 e. The Hall–Kier alpha value is -0.460. The first-order valence-electron chi connectivity index (χ1n) is 5.44. The second-order valence-electron chi connectivity index (χ2n) is 4.01. The summed E-state index contributed by atoms with van der Waals surface area (Å²) in [5.41, 5.74) is 1.76. The lowest BCUT2D eigenvalue weighted by molar-refractivity contribution is 0.177. The summed E-state index contributed by atoms with van der Waals surface area (Å²) in [6, 6.07) is 12.3. The molecule has 0 bridgehead atoms. The molecule has 0 radical (unpaired) electrons. The Morgan fingerprint density at radius 1 is 1.17 bits per heavy atom. The molecule has 94 valence electrons. The summed E-state index contributed by atoms with van der Waals surface area (Å²) in [5.74, 6) is -0.313. The van der Waals surface area contributed by atoms with Gasteiger partial charge in [0, 0.05) is 14.5 Å². The molecule has 0 heterocycles. The second kappa shape index (κ2) is 6.12. The van der Waals surface area contributed by atoms with Crippen LogP contribution in [0.4, 0.5) is 4.39 Å². The maximum Gasteiger partial charge on any atom is 0.124 e. The third-order valence-corrected chi connectivity index (χ3v) is 4.07. The van der Waals surface area contributed by atoms with Crippen LogP contribution in [0.5, 0.6) is 0 Å². The zero-order valence-corrected chi connectivity index (χ0v) is 13.2. The molecule has 1 nitrogen and oxygen atoms in total. The Morgan fingerprint density at radius 3 is 2.44 bits per heavy atom. The van der Waals surface area contributed by atoms with E-state index in [2.05, 4.69) is 38.5 Å². The molecule has 0 aliphatic heterocycles. The first-order valence-corrected chi connectivity index (χ1v) is 7.31. The highest BCUT2D eigenvalue weighted by Crippen LogP contribution is 2.27. The Labute approximate surface area is 127 Å². The van der Waals surface area contributed by atoms with Gasteiger partial charge in [0.2, 0.25) is 0 Å². The SMILES string of the molecule is OC(Cc1ccc(I)cc1)c1ccc(F)cc1Br. The van der Waals surface area contributed by atoms with Crippen molar-refractivity contribution in [2.24, 2.45) is 0 Å². The number of aliphatic hydroxyl groups is 1. The van der Waals surface area contributed by atoms with Crippen molar-refractivity contribution in [2.75, 3.05) is 0 Å². The lowest BCUT2D eigenvalue weighted by Gasteiger charge is -2.13. The van der Waals surface area contributed by atoms with E-state index in [-0.39, 0.29) is 5.82 Å². The molecule has 1 N–H and O–H groups in total. The summed E-state index contributed by atoms with van der Waals surface area (Å²) < 4.78 is 14.7. The van der Waals surface area contributed by atoms with Crippen LogP contribution in [-0.4, -0.2) is 5.11 Å². The molecule has 1 atom stereocenters. The van der Waals surface area contributed by atoms with Gasteiger partial charge in [-0.1, -0.05) is 34.1 Å². The minimum atomic E-state index is -0.639. The molecule has 2 aromatic carbocycles. The molecule has 2 aromatic rings. The van der Waals surface area contributed by atoms with Crippen LogP contribution in [-0.2, 0) is 6.42 Å². The van der Waals surface area contributed by atoms with Crippen LogP contribution >= 0.6 is 38.5 Å². The number of hydrogen-bond acceptors (Lipinski definition) is 1. The van der Waals surface area contributed by atoms with E-state index < -0.39 is 6.10 Å². The van der Waals surface area contributed by atoms with E-state index in [0.717, 1.165) is 9.13 Å². The Morgan fingerprint density at radius 2 is 1.83 bits per heavy atom. The fourth-order valence-electron chi connectivity index (χ4n) is 1.73. The summed E-state index contributed by atoms with van der Waals surface area (Å²) in [6.07, 6.45) is -0.124. The fourth-order valence-corrected chi connectivity index (χ4v) is 2.70. The molecule has 1 unspecified atom stereocenters.